The van der Waals surface area contributed by atoms with E-state index < -0.39 is 0 Å². The van der Waals surface area contributed by atoms with Gasteiger partial charge >= 0.3 is 0 Å². The molecule has 0 saturated carbocycles. The van der Waals surface area contributed by atoms with Gasteiger partial charge in [-0.05, 0) is 36.5 Å². The predicted octanol–water partition coefficient (Wildman–Crippen LogP) is 2.25. The van der Waals surface area contributed by atoms with E-state index in [9.17, 15) is 4.79 Å². The van der Waals surface area contributed by atoms with Crippen LogP contribution in [0.1, 0.15) is 25.3 Å². The number of piperidine rings is 1. The molecule has 1 amide bonds. The number of ether oxygens (including phenoxy) is 2. The standard InChI is InChI=1S/C17H26N2O3.ClH/c1-12-6-7-19(14(8-12)11-18)17(20)10-13-4-5-15(21-2)16(9-13)22-3;/h4-5,9,12,14H,6-8,10-11,18H2,1-3H3;1H. The minimum atomic E-state index is 0. The minimum Gasteiger partial charge on any atom is -0.493 e. The lowest BCUT2D eigenvalue weighted by atomic mass is 9.92. The SMILES string of the molecule is COc1ccc(CC(=O)N2CCC(C)CC2CN)cc1OC.Cl. The molecule has 0 aromatic heterocycles. The summed E-state index contributed by atoms with van der Waals surface area (Å²) in [5, 5.41) is 0. The monoisotopic (exact) mass is 342 g/mol. The van der Waals surface area contributed by atoms with Gasteiger partial charge in [0.05, 0.1) is 20.6 Å². The number of hydrogen-bond acceptors (Lipinski definition) is 4. The van der Waals surface area contributed by atoms with E-state index in [1.165, 1.54) is 0 Å². The summed E-state index contributed by atoms with van der Waals surface area (Å²) in [6.45, 7) is 3.55. The van der Waals surface area contributed by atoms with Crippen LogP contribution in [0.25, 0.3) is 0 Å². The number of carbonyl (C=O) groups excluding carboxylic acids is 1. The second-order valence-corrected chi connectivity index (χ2v) is 5.97. The van der Waals surface area contributed by atoms with E-state index in [2.05, 4.69) is 6.92 Å². The second-order valence-electron chi connectivity index (χ2n) is 5.97. The average molecular weight is 343 g/mol. The molecule has 130 valence electrons. The summed E-state index contributed by atoms with van der Waals surface area (Å²) in [7, 11) is 3.20. The van der Waals surface area contributed by atoms with E-state index in [4.69, 9.17) is 15.2 Å². The zero-order valence-electron chi connectivity index (χ0n) is 14.1. The van der Waals surface area contributed by atoms with Crippen molar-refractivity contribution >= 4 is 18.3 Å². The van der Waals surface area contributed by atoms with E-state index in [1.54, 1.807) is 14.2 Å². The molecule has 2 unspecified atom stereocenters. The molecule has 5 nitrogen and oxygen atoms in total. The Kier molecular flexibility index (Phi) is 7.65. The highest BCUT2D eigenvalue weighted by Gasteiger charge is 2.28. The number of halogens is 1. The van der Waals surface area contributed by atoms with Gasteiger partial charge in [-0.2, -0.15) is 0 Å². The molecule has 1 aromatic carbocycles. The Morgan fingerprint density at radius 1 is 1.30 bits per heavy atom. The van der Waals surface area contributed by atoms with Gasteiger partial charge in [0.2, 0.25) is 5.91 Å². The molecule has 1 aliphatic rings. The highest BCUT2D eigenvalue weighted by atomic mass is 35.5. The molecule has 1 aliphatic heterocycles. The van der Waals surface area contributed by atoms with E-state index >= 15 is 0 Å². The van der Waals surface area contributed by atoms with Crippen LogP contribution in [-0.4, -0.2) is 44.2 Å². The van der Waals surface area contributed by atoms with Crippen molar-refractivity contribution in [2.75, 3.05) is 27.3 Å². The number of benzene rings is 1. The summed E-state index contributed by atoms with van der Waals surface area (Å²) >= 11 is 0. The minimum absolute atomic E-state index is 0. The summed E-state index contributed by atoms with van der Waals surface area (Å²) in [6.07, 6.45) is 2.41. The molecule has 1 aromatic rings. The molecule has 2 rings (SSSR count). The Morgan fingerprint density at radius 2 is 2.00 bits per heavy atom. The van der Waals surface area contributed by atoms with E-state index in [-0.39, 0.29) is 24.4 Å². The summed E-state index contributed by atoms with van der Waals surface area (Å²) in [4.78, 5) is 14.5. The van der Waals surface area contributed by atoms with E-state index in [0.717, 1.165) is 24.9 Å². The summed E-state index contributed by atoms with van der Waals surface area (Å²) in [5.41, 5.74) is 6.77. The molecule has 2 atom stereocenters. The lowest BCUT2D eigenvalue weighted by molar-refractivity contribution is -0.134. The first-order valence-corrected chi connectivity index (χ1v) is 7.79. The number of nitrogens with zero attached hydrogens (tertiary/aromatic N) is 1. The molecule has 2 N–H and O–H groups in total. The highest BCUT2D eigenvalue weighted by molar-refractivity contribution is 5.85. The topological polar surface area (TPSA) is 64.8 Å². The number of methoxy groups -OCH3 is 2. The lowest BCUT2D eigenvalue weighted by Gasteiger charge is -2.38. The Labute approximate surface area is 144 Å². The fraction of sp³-hybridized carbons (Fsp3) is 0.588. The third kappa shape index (κ3) is 4.75. The van der Waals surface area contributed by atoms with Gasteiger partial charge in [-0.1, -0.05) is 13.0 Å². The van der Waals surface area contributed by atoms with Crippen LogP contribution in [0.15, 0.2) is 18.2 Å². The van der Waals surface area contributed by atoms with Crippen LogP contribution in [0.5, 0.6) is 11.5 Å². The Balaban J connectivity index is 0.00000264. The number of amides is 1. The molecule has 0 spiro atoms. The Bertz CT molecular complexity index is 525. The van der Waals surface area contributed by atoms with Crippen molar-refractivity contribution in [1.82, 2.24) is 4.90 Å². The first kappa shape index (κ1) is 19.6. The van der Waals surface area contributed by atoms with Gasteiger partial charge in [-0.25, -0.2) is 0 Å². The van der Waals surface area contributed by atoms with Crippen LogP contribution in [0.4, 0.5) is 0 Å². The first-order chi connectivity index (χ1) is 10.6. The van der Waals surface area contributed by atoms with Crippen molar-refractivity contribution in [3.8, 4) is 11.5 Å². The molecule has 0 radical (unpaired) electrons. The molecule has 0 aliphatic carbocycles. The van der Waals surface area contributed by atoms with Gasteiger partial charge in [0.15, 0.2) is 11.5 Å². The fourth-order valence-corrected chi connectivity index (χ4v) is 3.07. The zero-order chi connectivity index (χ0) is 16.1. The van der Waals surface area contributed by atoms with Gasteiger partial charge < -0.3 is 20.1 Å². The number of likely N-dealkylation sites (tertiary alicyclic amines) is 1. The molecule has 6 heteroatoms. The van der Waals surface area contributed by atoms with Crippen molar-refractivity contribution in [3.05, 3.63) is 23.8 Å². The van der Waals surface area contributed by atoms with Gasteiger partial charge in [0.25, 0.3) is 0 Å². The van der Waals surface area contributed by atoms with Crippen molar-refractivity contribution in [1.29, 1.82) is 0 Å². The predicted molar refractivity (Wildman–Crippen MR) is 93.5 cm³/mol. The molecular formula is C17H27ClN2O3. The van der Waals surface area contributed by atoms with Crippen LogP contribution in [0.2, 0.25) is 0 Å². The molecule has 1 saturated heterocycles. The van der Waals surface area contributed by atoms with Crippen molar-refractivity contribution in [2.24, 2.45) is 11.7 Å². The van der Waals surface area contributed by atoms with Gasteiger partial charge in [-0.15, -0.1) is 12.4 Å². The quantitative estimate of drug-likeness (QED) is 0.891. The Hall–Kier alpha value is -1.46. The van der Waals surface area contributed by atoms with Crippen LogP contribution < -0.4 is 15.2 Å². The highest BCUT2D eigenvalue weighted by Crippen LogP contribution is 2.28. The molecule has 1 heterocycles. The molecule has 0 bridgehead atoms. The number of nitrogens with two attached hydrogens (primary N) is 1. The van der Waals surface area contributed by atoms with Crippen LogP contribution >= 0.6 is 12.4 Å². The Morgan fingerprint density at radius 3 is 2.61 bits per heavy atom. The van der Waals surface area contributed by atoms with Gasteiger partial charge in [0, 0.05) is 19.1 Å². The van der Waals surface area contributed by atoms with E-state index in [1.807, 2.05) is 23.1 Å². The van der Waals surface area contributed by atoms with Gasteiger partial charge in [0.1, 0.15) is 0 Å². The van der Waals surface area contributed by atoms with Crippen molar-refractivity contribution in [3.63, 3.8) is 0 Å². The van der Waals surface area contributed by atoms with E-state index in [0.29, 0.717) is 30.4 Å². The smallest absolute Gasteiger partial charge is 0.227 e. The van der Waals surface area contributed by atoms with Gasteiger partial charge in [-0.3, -0.25) is 4.79 Å². The fourth-order valence-electron chi connectivity index (χ4n) is 3.07. The second kappa shape index (κ2) is 8.99. The number of rotatable bonds is 5. The van der Waals surface area contributed by atoms with Crippen molar-refractivity contribution < 1.29 is 14.3 Å². The third-order valence-electron chi connectivity index (χ3n) is 4.37. The zero-order valence-corrected chi connectivity index (χ0v) is 14.9. The molecule has 23 heavy (non-hydrogen) atoms. The van der Waals surface area contributed by atoms with Crippen LogP contribution in [-0.2, 0) is 11.2 Å². The molecule has 1 fully saturated rings. The number of carbonyl (C=O) groups is 1. The lowest BCUT2D eigenvalue weighted by Crippen LogP contribution is -2.49. The maximum Gasteiger partial charge on any atom is 0.227 e. The molecular weight excluding hydrogens is 316 g/mol. The first-order valence-electron chi connectivity index (χ1n) is 7.79. The third-order valence-corrected chi connectivity index (χ3v) is 4.37. The summed E-state index contributed by atoms with van der Waals surface area (Å²) in [5.74, 6) is 2.09. The summed E-state index contributed by atoms with van der Waals surface area (Å²) in [6, 6.07) is 5.76. The number of hydrogen-bond donors (Lipinski definition) is 1. The summed E-state index contributed by atoms with van der Waals surface area (Å²) < 4.78 is 10.5. The largest absolute Gasteiger partial charge is 0.493 e. The average Bonchev–Trinajstić information content (AvgIpc) is 2.54. The maximum absolute atomic E-state index is 12.6. The normalized spacial score (nSPS) is 20.6. The maximum atomic E-state index is 12.6. The van der Waals surface area contributed by atoms with Crippen LogP contribution in [0.3, 0.4) is 0 Å². The van der Waals surface area contributed by atoms with Crippen LogP contribution in [0, 0.1) is 5.92 Å². The van der Waals surface area contributed by atoms with Crippen molar-refractivity contribution in [2.45, 2.75) is 32.2 Å².